The fourth-order valence-corrected chi connectivity index (χ4v) is 5.77. The number of sulfonamides is 1. The van der Waals surface area contributed by atoms with E-state index < -0.39 is 16.0 Å². The maximum absolute atomic E-state index is 13.3. The van der Waals surface area contributed by atoms with E-state index in [-0.39, 0.29) is 23.3 Å². The van der Waals surface area contributed by atoms with Crippen molar-refractivity contribution < 1.29 is 18.3 Å². The Kier molecular flexibility index (Phi) is 7.24. The summed E-state index contributed by atoms with van der Waals surface area (Å²) in [6.45, 7) is 13.7. The minimum Gasteiger partial charge on any atom is -0.477 e. The van der Waals surface area contributed by atoms with Crippen LogP contribution in [-0.2, 0) is 16.6 Å². The van der Waals surface area contributed by atoms with Crippen LogP contribution in [0.3, 0.4) is 0 Å². The molecule has 0 fully saturated rings. The van der Waals surface area contributed by atoms with Crippen molar-refractivity contribution in [1.82, 2.24) is 9.71 Å². The molecule has 0 amide bonds. The Hall–Kier alpha value is -1.77. The first-order valence-corrected chi connectivity index (χ1v) is 12.0. The third kappa shape index (κ3) is 5.24. The van der Waals surface area contributed by atoms with Gasteiger partial charge in [-0.15, -0.1) is 11.3 Å². The number of thiazole rings is 1. The first-order valence-electron chi connectivity index (χ1n) is 9.72. The predicted octanol–water partition coefficient (Wildman–Crippen LogP) is 5.00. The molecule has 8 heteroatoms. The monoisotopic (exact) mass is 438 g/mol. The lowest BCUT2D eigenvalue weighted by Crippen LogP contribution is -2.26. The zero-order valence-electron chi connectivity index (χ0n) is 18.0. The van der Waals surface area contributed by atoms with E-state index in [4.69, 9.17) is 0 Å². The van der Waals surface area contributed by atoms with Gasteiger partial charge in [0.15, 0.2) is 0 Å². The fraction of sp³-hybridized carbons (Fsp3) is 0.524. The number of aryl methyl sites for hydroxylation is 1. The lowest BCUT2D eigenvalue weighted by Gasteiger charge is -2.22. The normalized spacial score (nSPS) is 12.3. The summed E-state index contributed by atoms with van der Waals surface area (Å²) in [4.78, 5) is 15.9. The van der Waals surface area contributed by atoms with Crippen LogP contribution in [-0.4, -0.2) is 24.5 Å². The molecule has 0 unspecified atom stereocenters. The van der Waals surface area contributed by atoms with Crippen molar-refractivity contribution in [3.63, 3.8) is 0 Å². The number of aromatic carboxylic acids is 1. The Morgan fingerprint density at radius 3 is 1.97 bits per heavy atom. The Morgan fingerprint density at radius 2 is 1.59 bits per heavy atom. The molecule has 0 aliphatic heterocycles. The molecule has 0 saturated carbocycles. The molecule has 0 radical (unpaired) electrons. The number of hydrogen-bond acceptors (Lipinski definition) is 5. The molecule has 1 aromatic heterocycles. The van der Waals surface area contributed by atoms with E-state index in [0.717, 1.165) is 28.0 Å². The molecular formula is C21H30N2O4S2. The lowest BCUT2D eigenvalue weighted by atomic mass is 9.89. The number of hydrogen-bond donors (Lipinski definition) is 2. The molecule has 2 N–H and O–H groups in total. The minimum absolute atomic E-state index is 0.0396. The molecule has 160 valence electrons. The second-order valence-corrected chi connectivity index (χ2v) is 10.9. The van der Waals surface area contributed by atoms with Crippen molar-refractivity contribution >= 4 is 27.3 Å². The summed E-state index contributed by atoms with van der Waals surface area (Å²) >= 11 is 0.993. The Morgan fingerprint density at radius 1 is 1.07 bits per heavy atom. The van der Waals surface area contributed by atoms with Gasteiger partial charge in [-0.3, -0.25) is 0 Å². The highest BCUT2D eigenvalue weighted by Gasteiger charge is 2.27. The molecule has 0 aliphatic carbocycles. The largest absolute Gasteiger partial charge is 0.477 e. The van der Waals surface area contributed by atoms with Crippen molar-refractivity contribution in [3.8, 4) is 0 Å². The highest BCUT2D eigenvalue weighted by atomic mass is 32.2. The molecule has 0 saturated heterocycles. The van der Waals surface area contributed by atoms with Crippen molar-refractivity contribution in [2.75, 3.05) is 0 Å². The molecule has 2 rings (SSSR count). The fourth-order valence-electron chi connectivity index (χ4n) is 3.16. The van der Waals surface area contributed by atoms with E-state index in [2.05, 4.69) is 23.6 Å². The maximum atomic E-state index is 13.3. The van der Waals surface area contributed by atoms with Crippen molar-refractivity contribution in [3.05, 3.63) is 44.4 Å². The van der Waals surface area contributed by atoms with Gasteiger partial charge in [0, 0.05) is 0 Å². The molecule has 6 nitrogen and oxygen atoms in total. The second kappa shape index (κ2) is 8.93. The van der Waals surface area contributed by atoms with E-state index >= 15 is 0 Å². The van der Waals surface area contributed by atoms with Gasteiger partial charge in [0.2, 0.25) is 10.0 Å². The average Bonchev–Trinajstić information content (AvgIpc) is 2.99. The summed E-state index contributed by atoms with van der Waals surface area (Å²) in [5, 5.41) is 9.61. The third-order valence-corrected chi connectivity index (χ3v) is 7.48. The SMILES string of the molecule is Cc1nc(CNS(=O)(=O)c2c(C(C)C)cc(C(C)C)cc2C(C)C)sc1C(=O)O. The smallest absolute Gasteiger partial charge is 0.347 e. The lowest BCUT2D eigenvalue weighted by molar-refractivity contribution is 0.0701. The molecule has 2 aromatic rings. The Bertz CT molecular complexity index is 977. The van der Waals surface area contributed by atoms with Gasteiger partial charge in [-0.1, -0.05) is 53.7 Å². The van der Waals surface area contributed by atoms with Gasteiger partial charge in [-0.05, 0) is 41.4 Å². The number of aromatic nitrogens is 1. The van der Waals surface area contributed by atoms with Gasteiger partial charge in [-0.2, -0.15) is 0 Å². The minimum atomic E-state index is -3.81. The number of rotatable bonds is 8. The van der Waals surface area contributed by atoms with Crippen LogP contribution in [0.2, 0.25) is 0 Å². The highest BCUT2D eigenvalue weighted by Crippen LogP contribution is 2.35. The van der Waals surface area contributed by atoms with E-state index in [1.54, 1.807) is 6.92 Å². The number of carbonyl (C=O) groups is 1. The zero-order chi connectivity index (χ0) is 22.1. The summed E-state index contributed by atoms with van der Waals surface area (Å²) in [6, 6.07) is 3.98. The van der Waals surface area contributed by atoms with Crippen LogP contribution in [0.4, 0.5) is 0 Å². The molecule has 0 aliphatic rings. The summed E-state index contributed by atoms with van der Waals surface area (Å²) in [5.41, 5.74) is 3.12. The van der Waals surface area contributed by atoms with Gasteiger partial charge < -0.3 is 5.11 Å². The van der Waals surface area contributed by atoms with Crippen molar-refractivity contribution in [1.29, 1.82) is 0 Å². The molecule has 0 spiro atoms. The third-order valence-electron chi connectivity index (χ3n) is 4.80. The Labute approximate surface area is 177 Å². The molecule has 0 bridgehead atoms. The zero-order valence-corrected chi connectivity index (χ0v) is 19.7. The number of carboxylic acid groups (broad SMARTS) is 1. The van der Waals surface area contributed by atoms with Crippen molar-refractivity contribution in [2.24, 2.45) is 0 Å². The van der Waals surface area contributed by atoms with Crippen LogP contribution in [0.5, 0.6) is 0 Å². The predicted molar refractivity (Wildman–Crippen MR) is 117 cm³/mol. The quantitative estimate of drug-likeness (QED) is 0.605. The standard InChI is InChI=1S/C21H30N2O4S2/c1-11(2)15-8-16(12(3)4)20(17(9-15)13(5)6)29(26,27)22-10-18-23-14(7)19(28-18)21(24)25/h8-9,11-13,22H,10H2,1-7H3,(H,24,25). The van der Waals surface area contributed by atoms with E-state index in [0.29, 0.717) is 21.5 Å². The van der Waals surface area contributed by atoms with Crippen molar-refractivity contribution in [2.45, 2.75) is 77.7 Å². The molecule has 29 heavy (non-hydrogen) atoms. The number of carboxylic acids is 1. The molecule has 0 atom stereocenters. The topological polar surface area (TPSA) is 96.4 Å². The summed E-state index contributed by atoms with van der Waals surface area (Å²) in [5.74, 6) is -0.679. The van der Waals surface area contributed by atoms with E-state index in [1.165, 1.54) is 0 Å². The van der Waals surface area contributed by atoms with Gasteiger partial charge >= 0.3 is 5.97 Å². The highest BCUT2D eigenvalue weighted by molar-refractivity contribution is 7.89. The number of nitrogens with zero attached hydrogens (tertiary/aromatic N) is 1. The first kappa shape index (κ1) is 23.5. The Balaban J connectivity index is 2.50. The van der Waals surface area contributed by atoms with Crippen LogP contribution in [0.1, 0.15) is 96.4 Å². The van der Waals surface area contributed by atoms with Gasteiger partial charge in [0.25, 0.3) is 0 Å². The molecular weight excluding hydrogens is 408 g/mol. The second-order valence-electron chi connectivity index (χ2n) is 8.14. The number of nitrogens with one attached hydrogen (secondary N) is 1. The molecule has 1 heterocycles. The van der Waals surface area contributed by atoms with E-state index in [9.17, 15) is 18.3 Å². The maximum Gasteiger partial charge on any atom is 0.347 e. The van der Waals surface area contributed by atoms with Crippen LogP contribution in [0.25, 0.3) is 0 Å². The van der Waals surface area contributed by atoms with Crippen LogP contribution in [0.15, 0.2) is 17.0 Å². The summed E-state index contributed by atoms with van der Waals surface area (Å²) < 4.78 is 29.3. The summed E-state index contributed by atoms with van der Waals surface area (Å²) in [7, 11) is -3.81. The molecule has 1 aromatic carbocycles. The van der Waals surface area contributed by atoms with Gasteiger partial charge in [0.1, 0.15) is 9.88 Å². The van der Waals surface area contributed by atoms with Gasteiger partial charge in [0.05, 0.1) is 17.1 Å². The van der Waals surface area contributed by atoms with Gasteiger partial charge in [-0.25, -0.2) is 22.9 Å². The van der Waals surface area contributed by atoms with Crippen LogP contribution in [0, 0.1) is 6.92 Å². The van der Waals surface area contributed by atoms with E-state index in [1.807, 2.05) is 39.8 Å². The number of benzene rings is 1. The van der Waals surface area contributed by atoms with Crippen LogP contribution < -0.4 is 4.72 Å². The van der Waals surface area contributed by atoms with Crippen LogP contribution >= 0.6 is 11.3 Å². The summed E-state index contributed by atoms with van der Waals surface area (Å²) in [6.07, 6.45) is 0. The first-order chi connectivity index (χ1) is 13.3. The average molecular weight is 439 g/mol.